The number of hydrogen-bond donors (Lipinski definition) is 2. The first-order chi connectivity index (χ1) is 7.15. The average molecular weight is 224 g/mol. The molecule has 15 heavy (non-hydrogen) atoms. The van der Waals surface area contributed by atoms with Crippen LogP contribution in [0.3, 0.4) is 0 Å². The summed E-state index contributed by atoms with van der Waals surface area (Å²) in [7, 11) is 0. The summed E-state index contributed by atoms with van der Waals surface area (Å²) in [5.41, 5.74) is 3.19. The van der Waals surface area contributed by atoms with Crippen molar-refractivity contribution in [1.82, 2.24) is 5.43 Å². The molecule has 82 valence electrons. The molecular formula is C11H16N2OS. The summed E-state index contributed by atoms with van der Waals surface area (Å²) in [6.07, 6.45) is 0. The lowest BCUT2D eigenvalue weighted by Gasteiger charge is -2.17. The summed E-state index contributed by atoms with van der Waals surface area (Å²) in [6.45, 7) is 4.12. The van der Waals surface area contributed by atoms with Crippen LogP contribution in [-0.4, -0.2) is 11.2 Å². The van der Waals surface area contributed by atoms with Gasteiger partial charge in [0.15, 0.2) is 0 Å². The smallest absolute Gasteiger partial charge is 0.251 e. The SMILES string of the molecule is CC(C)SC(C(=O)NN)c1ccccc1. The Balaban J connectivity index is 2.86. The molecule has 0 spiro atoms. The fraction of sp³-hybridized carbons (Fsp3) is 0.364. The van der Waals surface area contributed by atoms with E-state index >= 15 is 0 Å². The number of nitrogens with one attached hydrogen (secondary N) is 1. The van der Waals surface area contributed by atoms with Crippen LogP contribution in [0.2, 0.25) is 0 Å². The molecule has 0 fully saturated rings. The van der Waals surface area contributed by atoms with Gasteiger partial charge in [-0.05, 0) is 5.56 Å². The quantitative estimate of drug-likeness (QED) is 0.466. The van der Waals surface area contributed by atoms with Gasteiger partial charge in [-0.3, -0.25) is 10.2 Å². The third-order valence-electron chi connectivity index (χ3n) is 1.89. The lowest BCUT2D eigenvalue weighted by atomic mass is 10.1. The lowest BCUT2D eigenvalue weighted by Crippen LogP contribution is -2.34. The maximum atomic E-state index is 11.6. The van der Waals surface area contributed by atoms with E-state index in [-0.39, 0.29) is 11.2 Å². The molecule has 0 aliphatic rings. The van der Waals surface area contributed by atoms with Gasteiger partial charge in [0.2, 0.25) is 0 Å². The summed E-state index contributed by atoms with van der Waals surface area (Å²) in [6, 6.07) is 9.66. The number of benzene rings is 1. The minimum Gasteiger partial charge on any atom is -0.293 e. The first-order valence-corrected chi connectivity index (χ1v) is 5.80. The molecule has 0 heterocycles. The van der Waals surface area contributed by atoms with Crippen molar-refractivity contribution in [1.29, 1.82) is 0 Å². The number of carbonyl (C=O) groups excluding carboxylic acids is 1. The molecule has 0 aliphatic carbocycles. The van der Waals surface area contributed by atoms with Crippen molar-refractivity contribution in [3.05, 3.63) is 35.9 Å². The molecule has 0 aromatic heterocycles. The Bertz CT molecular complexity index is 314. The van der Waals surface area contributed by atoms with Crippen LogP contribution in [0.15, 0.2) is 30.3 Å². The van der Waals surface area contributed by atoms with E-state index in [9.17, 15) is 4.79 Å². The predicted molar refractivity (Wildman–Crippen MR) is 64.2 cm³/mol. The van der Waals surface area contributed by atoms with Crippen LogP contribution in [0.4, 0.5) is 0 Å². The third-order valence-corrected chi connectivity index (χ3v) is 3.19. The fourth-order valence-corrected chi connectivity index (χ4v) is 2.32. The highest BCUT2D eigenvalue weighted by molar-refractivity contribution is 8.00. The Labute approximate surface area is 94.4 Å². The van der Waals surface area contributed by atoms with Crippen molar-refractivity contribution in [2.75, 3.05) is 0 Å². The van der Waals surface area contributed by atoms with Gasteiger partial charge < -0.3 is 0 Å². The molecular weight excluding hydrogens is 208 g/mol. The highest BCUT2D eigenvalue weighted by Crippen LogP contribution is 2.31. The monoisotopic (exact) mass is 224 g/mol. The molecule has 0 saturated carbocycles. The molecule has 3 nitrogen and oxygen atoms in total. The molecule has 1 amide bonds. The number of hydrogen-bond acceptors (Lipinski definition) is 3. The molecule has 1 atom stereocenters. The van der Waals surface area contributed by atoms with E-state index in [0.717, 1.165) is 5.56 Å². The maximum absolute atomic E-state index is 11.6. The summed E-state index contributed by atoms with van der Waals surface area (Å²) >= 11 is 1.59. The standard InChI is InChI=1S/C11H16N2OS/c1-8(2)15-10(11(14)13-12)9-6-4-3-5-7-9/h3-8,10H,12H2,1-2H3,(H,13,14). The molecule has 1 aromatic rings. The van der Waals surface area contributed by atoms with Gasteiger partial charge in [0.25, 0.3) is 5.91 Å². The third kappa shape index (κ3) is 3.57. The predicted octanol–water partition coefficient (Wildman–Crippen LogP) is 1.86. The number of thioether (sulfide) groups is 1. The van der Waals surface area contributed by atoms with E-state index < -0.39 is 0 Å². The maximum Gasteiger partial charge on any atom is 0.251 e. The number of carbonyl (C=O) groups is 1. The first kappa shape index (κ1) is 12.1. The van der Waals surface area contributed by atoms with Crippen LogP contribution in [-0.2, 0) is 4.79 Å². The number of rotatable bonds is 4. The largest absolute Gasteiger partial charge is 0.293 e. The first-order valence-electron chi connectivity index (χ1n) is 4.86. The van der Waals surface area contributed by atoms with E-state index in [1.807, 2.05) is 30.3 Å². The van der Waals surface area contributed by atoms with Crippen LogP contribution in [0.5, 0.6) is 0 Å². The van der Waals surface area contributed by atoms with Crippen molar-refractivity contribution in [2.24, 2.45) is 5.84 Å². The highest BCUT2D eigenvalue weighted by atomic mass is 32.2. The van der Waals surface area contributed by atoms with Gasteiger partial charge in [0, 0.05) is 5.25 Å². The van der Waals surface area contributed by atoms with Crippen molar-refractivity contribution >= 4 is 17.7 Å². The number of nitrogens with two attached hydrogens (primary N) is 1. The Morgan fingerprint density at radius 1 is 1.33 bits per heavy atom. The van der Waals surface area contributed by atoms with Crippen LogP contribution < -0.4 is 11.3 Å². The molecule has 0 radical (unpaired) electrons. The summed E-state index contributed by atoms with van der Waals surface area (Å²) in [5.74, 6) is 5.02. The molecule has 3 N–H and O–H groups in total. The molecule has 0 bridgehead atoms. The topological polar surface area (TPSA) is 55.1 Å². The molecule has 1 aromatic carbocycles. The minimum atomic E-state index is -0.226. The normalized spacial score (nSPS) is 12.5. The number of hydrazine groups is 1. The van der Waals surface area contributed by atoms with Crippen LogP contribution in [0.25, 0.3) is 0 Å². The second kappa shape index (κ2) is 5.78. The van der Waals surface area contributed by atoms with Gasteiger partial charge in [-0.15, -0.1) is 11.8 Å². The Hall–Kier alpha value is -1.00. The summed E-state index contributed by atoms with van der Waals surface area (Å²) in [4.78, 5) is 11.6. The van der Waals surface area contributed by atoms with E-state index in [2.05, 4.69) is 19.3 Å². The van der Waals surface area contributed by atoms with E-state index in [4.69, 9.17) is 5.84 Å². The van der Waals surface area contributed by atoms with E-state index in [1.165, 1.54) is 0 Å². The lowest BCUT2D eigenvalue weighted by molar-refractivity contribution is -0.120. The van der Waals surface area contributed by atoms with E-state index in [0.29, 0.717) is 5.25 Å². The minimum absolute atomic E-state index is 0.153. The molecule has 4 heteroatoms. The molecule has 1 rings (SSSR count). The second-order valence-electron chi connectivity index (χ2n) is 3.48. The zero-order chi connectivity index (χ0) is 11.3. The zero-order valence-corrected chi connectivity index (χ0v) is 9.75. The highest BCUT2D eigenvalue weighted by Gasteiger charge is 2.21. The van der Waals surface area contributed by atoms with Crippen molar-refractivity contribution in [2.45, 2.75) is 24.3 Å². The fourth-order valence-electron chi connectivity index (χ4n) is 1.27. The van der Waals surface area contributed by atoms with Crippen molar-refractivity contribution < 1.29 is 4.79 Å². The zero-order valence-electron chi connectivity index (χ0n) is 8.94. The average Bonchev–Trinajstić information content (AvgIpc) is 2.26. The van der Waals surface area contributed by atoms with Gasteiger partial charge >= 0.3 is 0 Å². The van der Waals surface area contributed by atoms with Gasteiger partial charge in [0.1, 0.15) is 5.25 Å². The summed E-state index contributed by atoms with van der Waals surface area (Å²) in [5, 5.41) is 0.156. The Kier molecular flexibility index (Phi) is 4.65. The van der Waals surface area contributed by atoms with Gasteiger partial charge in [-0.1, -0.05) is 44.2 Å². The Morgan fingerprint density at radius 3 is 2.40 bits per heavy atom. The van der Waals surface area contributed by atoms with Gasteiger partial charge in [-0.2, -0.15) is 0 Å². The summed E-state index contributed by atoms with van der Waals surface area (Å²) < 4.78 is 0. The molecule has 1 unspecified atom stereocenters. The Morgan fingerprint density at radius 2 is 1.93 bits per heavy atom. The molecule has 0 saturated heterocycles. The van der Waals surface area contributed by atoms with E-state index in [1.54, 1.807) is 11.8 Å². The van der Waals surface area contributed by atoms with Gasteiger partial charge in [-0.25, -0.2) is 5.84 Å². The van der Waals surface area contributed by atoms with Crippen molar-refractivity contribution in [3.8, 4) is 0 Å². The molecule has 0 aliphatic heterocycles. The van der Waals surface area contributed by atoms with Crippen LogP contribution in [0, 0.1) is 0 Å². The number of amides is 1. The second-order valence-corrected chi connectivity index (χ2v) is 5.17. The van der Waals surface area contributed by atoms with Crippen LogP contribution >= 0.6 is 11.8 Å². The van der Waals surface area contributed by atoms with Gasteiger partial charge in [0.05, 0.1) is 0 Å². The van der Waals surface area contributed by atoms with Crippen LogP contribution in [0.1, 0.15) is 24.7 Å². The van der Waals surface area contributed by atoms with Crippen molar-refractivity contribution in [3.63, 3.8) is 0 Å².